The van der Waals surface area contributed by atoms with Crippen LogP contribution in [0.2, 0.25) is 0 Å². The number of likely N-dealkylation sites (tertiary alicyclic amines) is 1. The van der Waals surface area contributed by atoms with Crippen molar-refractivity contribution in [3.63, 3.8) is 0 Å². The van der Waals surface area contributed by atoms with Crippen LogP contribution in [-0.2, 0) is 18.4 Å². The number of aryl methyl sites for hydroxylation is 1. The molecule has 1 saturated heterocycles. The maximum atomic E-state index is 11.8. The van der Waals surface area contributed by atoms with Gasteiger partial charge in [0.05, 0.1) is 6.54 Å². The Labute approximate surface area is 104 Å². The zero-order valence-electron chi connectivity index (χ0n) is 10.0. The van der Waals surface area contributed by atoms with Crippen LogP contribution in [0.15, 0.2) is 6.33 Å². The molecular weight excluding hydrogens is 238 g/mol. The molecule has 1 aromatic heterocycles. The van der Waals surface area contributed by atoms with Gasteiger partial charge in [0, 0.05) is 13.6 Å². The van der Waals surface area contributed by atoms with E-state index >= 15 is 0 Å². The van der Waals surface area contributed by atoms with E-state index in [4.69, 9.17) is 5.11 Å². The van der Waals surface area contributed by atoms with Gasteiger partial charge in [-0.1, -0.05) is 0 Å². The lowest BCUT2D eigenvalue weighted by Gasteiger charge is -2.21. The number of aliphatic carboxylic acids is 1. The standard InChI is InChI=1S/C10H15N5O3/c1-14-6-12-8(13-14)5-11-10(18)15-4-2-3-7(15)9(16)17/h6-7H,2-5H2,1H3,(H,11,18)(H,16,17)/t7-/m1/s1. The summed E-state index contributed by atoms with van der Waals surface area (Å²) in [6, 6.07) is -1.10. The van der Waals surface area contributed by atoms with E-state index in [1.807, 2.05) is 0 Å². The monoisotopic (exact) mass is 253 g/mol. The number of hydrogen-bond acceptors (Lipinski definition) is 4. The van der Waals surface area contributed by atoms with Gasteiger partial charge in [-0.3, -0.25) is 4.68 Å². The molecule has 0 aromatic carbocycles. The number of carbonyl (C=O) groups is 2. The Kier molecular flexibility index (Phi) is 3.45. The molecule has 1 aliphatic rings. The van der Waals surface area contributed by atoms with Crippen molar-refractivity contribution < 1.29 is 14.7 Å². The van der Waals surface area contributed by atoms with Crippen LogP contribution in [-0.4, -0.2) is 49.4 Å². The van der Waals surface area contributed by atoms with Gasteiger partial charge in [0.2, 0.25) is 0 Å². The fourth-order valence-electron chi connectivity index (χ4n) is 1.99. The summed E-state index contributed by atoms with van der Waals surface area (Å²) in [5.74, 6) is -0.462. The van der Waals surface area contributed by atoms with E-state index < -0.39 is 12.0 Å². The minimum absolute atomic E-state index is 0.197. The van der Waals surface area contributed by atoms with Gasteiger partial charge in [-0.2, -0.15) is 5.10 Å². The number of rotatable bonds is 3. The van der Waals surface area contributed by atoms with Crippen molar-refractivity contribution in [1.82, 2.24) is 25.0 Å². The Morgan fingerprint density at radius 1 is 1.61 bits per heavy atom. The van der Waals surface area contributed by atoms with Crippen LogP contribution in [0, 0.1) is 0 Å². The van der Waals surface area contributed by atoms with E-state index in [1.54, 1.807) is 7.05 Å². The normalized spacial score (nSPS) is 18.9. The van der Waals surface area contributed by atoms with E-state index in [-0.39, 0.29) is 12.6 Å². The molecule has 0 bridgehead atoms. The van der Waals surface area contributed by atoms with Crippen molar-refractivity contribution in [2.45, 2.75) is 25.4 Å². The van der Waals surface area contributed by atoms with Crippen LogP contribution < -0.4 is 5.32 Å². The first-order valence-electron chi connectivity index (χ1n) is 5.69. The van der Waals surface area contributed by atoms with Crippen LogP contribution in [0.25, 0.3) is 0 Å². The van der Waals surface area contributed by atoms with Gasteiger partial charge in [-0.15, -0.1) is 0 Å². The molecular formula is C10H15N5O3. The highest BCUT2D eigenvalue weighted by Crippen LogP contribution is 2.17. The van der Waals surface area contributed by atoms with E-state index in [2.05, 4.69) is 15.4 Å². The summed E-state index contributed by atoms with van der Waals surface area (Å²) < 4.78 is 1.54. The number of nitrogens with one attached hydrogen (secondary N) is 1. The summed E-state index contributed by atoms with van der Waals surface area (Å²) in [6.45, 7) is 0.668. The minimum atomic E-state index is -0.960. The second-order valence-electron chi connectivity index (χ2n) is 4.18. The van der Waals surface area contributed by atoms with Crippen LogP contribution >= 0.6 is 0 Å². The third kappa shape index (κ3) is 2.58. The van der Waals surface area contributed by atoms with Crippen LogP contribution in [0.4, 0.5) is 4.79 Å². The molecule has 18 heavy (non-hydrogen) atoms. The molecule has 1 fully saturated rings. The molecule has 8 heteroatoms. The highest BCUT2D eigenvalue weighted by atomic mass is 16.4. The topological polar surface area (TPSA) is 100 Å². The fourth-order valence-corrected chi connectivity index (χ4v) is 1.99. The third-order valence-electron chi connectivity index (χ3n) is 2.84. The minimum Gasteiger partial charge on any atom is -0.480 e. The number of urea groups is 1. The molecule has 1 aliphatic heterocycles. The molecule has 1 atom stereocenters. The van der Waals surface area contributed by atoms with E-state index in [0.29, 0.717) is 25.2 Å². The predicted octanol–water partition coefficient (Wildman–Crippen LogP) is -0.426. The molecule has 0 aliphatic carbocycles. The molecule has 0 radical (unpaired) electrons. The van der Waals surface area contributed by atoms with Crippen LogP contribution in [0.1, 0.15) is 18.7 Å². The van der Waals surface area contributed by atoms with Crippen LogP contribution in [0.3, 0.4) is 0 Å². The van der Waals surface area contributed by atoms with E-state index in [9.17, 15) is 9.59 Å². The summed E-state index contributed by atoms with van der Waals surface area (Å²) in [5, 5.41) is 15.6. The first-order valence-corrected chi connectivity index (χ1v) is 5.69. The smallest absolute Gasteiger partial charge is 0.326 e. The van der Waals surface area contributed by atoms with E-state index in [1.165, 1.54) is 15.9 Å². The lowest BCUT2D eigenvalue weighted by atomic mass is 10.2. The number of amides is 2. The number of carboxylic acids is 1. The Hall–Kier alpha value is -2.12. The predicted molar refractivity (Wildman–Crippen MR) is 60.6 cm³/mol. The van der Waals surface area contributed by atoms with Gasteiger partial charge < -0.3 is 15.3 Å². The van der Waals surface area contributed by atoms with Gasteiger partial charge >= 0.3 is 12.0 Å². The van der Waals surface area contributed by atoms with Crippen molar-refractivity contribution in [2.24, 2.45) is 7.05 Å². The maximum absolute atomic E-state index is 11.8. The molecule has 2 N–H and O–H groups in total. The summed E-state index contributed by atoms with van der Waals surface area (Å²) >= 11 is 0. The van der Waals surface area contributed by atoms with Crippen molar-refractivity contribution in [1.29, 1.82) is 0 Å². The highest BCUT2D eigenvalue weighted by Gasteiger charge is 2.33. The second-order valence-corrected chi connectivity index (χ2v) is 4.18. The number of carbonyl (C=O) groups excluding carboxylic acids is 1. The number of carboxylic acid groups (broad SMARTS) is 1. The molecule has 0 saturated carbocycles. The van der Waals surface area contributed by atoms with Gasteiger partial charge in [0.1, 0.15) is 12.4 Å². The maximum Gasteiger partial charge on any atom is 0.326 e. The van der Waals surface area contributed by atoms with E-state index in [0.717, 1.165) is 0 Å². The molecule has 2 heterocycles. The molecule has 8 nitrogen and oxygen atoms in total. The Morgan fingerprint density at radius 3 is 3.00 bits per heavy atom. The van der Waals surface area contributed by atoms with Crippen molar-refractivity contribution >= 4 is 12.0 Å². The second kappa shape index (κ2) is 5.03. The molecule has 0 spiro atoms. The fraction of sp³-hybridized carbons (Fsp3) is 0.600. The van der Waals surface area contributed by atoms with Crippen molar-refractivity contribution in [3.05, 3.63) is 12.2 Å². The van der Waals surface area contributed by atoms with Crippen molar-refractivity contribution in [3.8, 4) is 0 Å². The summed E-state index contributed by atoms with van der Waals surface area (Å²) in [4.78, 5) is 28.1. The van der Waals surface area contributed by atoms with Gasteiger partial charge in [-0.05, 0) is 12.8 Å². The summed E-state index contributed by atoms with van der Waals surface area (Å²) in [5.41, 5.74) is 0. The quantitative estimate of drug-likeness (QED) is 0.761. The third-order valence-corrected chi connectivity index (χ3v) is 2.84. The summed E-state index contributed by atoms with van der Waals surface area (Å²) in [7, 11) is 1.74. The zero-order valence-corrected chi connectivity index (χ0v) is 10.0. The average molecular weight is 253 g/mol. The first-order chi connectivity index (χ1) is 8.58. The molecule has 2 rings (SSSR count). The molecule has 0 unspecified atom stereocenters. The first kappa shape index (κ1) is 12.3. The Bertz CT molecular complexity index is 458. The lowest BCUT2D eigenvalue weighted by Crippen LogP contribution is -2.45. The number of nitrogens with zero attached hydrogens (tertiary/aromatic N) is 4. The highest BCUT2D eigenvalue weighted by molar-refractivity contribution is 5.83. The SMILES string of the molecule is Cn1cnc(CNC(=O)N2CCC[C@@H]2C(=O)O)n1. The zero-order chi connectivity index (χ0) is 13.1. The Balaban J connectivity index is 1.89. The largest absolute Gasteiger partial charge is 0.480 e. The van der Waals surface area contributed by atoms with Crippen molar-refractivity contribution in [2.75, 3.05) is 6.54 Å². The van der Waals surface area contributed by atoms with Gasteiger partial charge in [-0.25, -0.2) is 14.6 Å². The van der Waals surface area contributed by atoms with Gasteiger partial charge in [0.25, 0.3) is 0 Å². The van der Waals surface area contributed by atoms with Gasteiger partial charge in [0.15, 0.2) is 5.82 Å². The average Bonchev–Trinajstić information content (AvgIpc) is 2.94. The molecule has 2 amide bonds. The number of hydrogen-bond donors (Lipinski definition) is 2. The van der Waals surface area contributed by atoms with Crippen LogP contribution in [0.5, 0.6) is 0 Å². The molecule has 98 valence electrons. The number of aromatic nitrogens is 3. The lowest BCUT2D eigenvalue weighted by molar-refractivity contribution is -0.141. The molecule has 1 aromatic rings. The summed E-state index contributed by atoms with van der Waals surface area (Å²) in [6.07, 6.45) is 2.76. The Morgan fingerprint density at radius 2 is 2.39 bits per heavy atom.